The van der Waals surface area contributed by atoms with Gasteiger partial charge >= 0.3 is 6.09 Å². The van der Waals surface area contributed by atoms with Crippen LogP contribution in [0.3, 0.4) is 0 Å². The zero-order valence-electron chi connectivity index (χ0n) is 26.1. The van der Waals surface area contributed by atoms with Crippen LogP contribution in [0.25, 0.3) is 0 Å². The van der Waals surface area contributed by atoms with Crippen LogP contribution < -0.4 is 10.6 Å². The van der Waals surface area contributed by atoms with Crippen LogP contribution in [0.5, 0.6) is 0 Å². The van der Waals surface area contributed by atoms with E-state index in [4.69, 9.17) is 4.74 Å². The van der Waals surface area contributed by atoms with E-state index in [-0.39, 0.29) is 17.7 Å². The first-order chi connectivity index (χ1) is 18.6. The molecule has 0 aliphatic heterocycles. The highest BCUT2D eigenvalue weighted by molar-refractivity contribution is 5.93. The topological polar surface area (TPSA) is 87.7 Å². The Morgan fingerprint density at radius 3 is 2.10 bits per heavy atom. The molecule has 2 unspecified atom stereocenters. The molecule has 0 aliphatic rings. The summed E-state index contributed by atoms with van der Waals surface area (Å²) in [6.07, 6.45) is 0.351. The fraction of sp³-hybridized carbons (Fsp3) is 0.545. The van der Waals surface area contributed by atoms with Crippen molar-refractivity contribution < 1.29 is 19.1 Å². The molecule has 7 heteroatoms. The molecule has 2 atom stereocenters. The number of benzene rings is 2. The Kier molecular flexibility index (Phi) is 11.4. The minimum Gasteiger partial charge on any atom is -0.444 e. The van der Waals surface area contributed by atoms with Crippen LogP contribution in [0.4, 0.5) is 4.79 Å². The summed E-state index contributed by atoms with van der Waals surface area (Å²) in [4.78, 5) is 43.1. The molecule has 0 aromatic heterocycles. The van der Waals surface area contributed by atoms with Gasteiger partial charge in [-0.2, -0.15) is 0 Å². The van der Waals surface area contributed by atoms with Gasteiger partial charge in [0.2, 0.25) is 11.8 Å². The summed E-state index contributed by atoms with van der Waals surface area (Å²) in [6, 6.07) is 13.9. The predicted octanol–water partition coefficient (Wildman–Crippen LogP) is 6.62. The van der Waals surface area contributed by atoms with Crippen molar-refractivity contribution in [3.63, 3.8) is 0 Å². The van der Waals surface area contributed by atoms with Crippen molar-refractivity contribution in [2.45, 2.75) is 112 Å². The van der Waals surface area contributed by atoms with Gasteiger partial charge in [-0.3, -0.25) is 9.59 Å². The lowest BCUT2D eigenvalue weighted by atomic mass is 9.89. The molecule has 0 aliphatic carbocycles. The molecule has 0 spiro atoms. The largest absolute Gasteiger partial charge is 0.444 e. The number of carbonyl (C=O) groups excluding carboxylic acids is 3. The van der Waals surface area contributed by atoms with Gasteiger partial charge in [-0.1, -0.05) is 74.9 Å². The second-order valence-electron chi connectivity index (χ2n) is 12.7. The maximum Gasteiger partial charge on any atom is 0.408 e. The number of alkyl carbamates (subject to hydrolysis) is 1. The Bertz CT molecular complexity index is 1150. The van der Waals surface area contributed by atoms with Gasteiger partial charge in [0.25, 0.3) is 0 Å². The van der Waals surface area contributed by atoms with E-state index in [1.807, 2.05) is 97.0 Å². The second kappa shape index (κ2) is 13.8. The van der Waals surface area contributed by atoms with Gasteiger partial charge in [-0.15, -0.1) is 0 Å². The molecule has 0 bridgehead atoms. The van der Waals surface area contributed by atoms with Crippen LogP contribution in [0, 0.1) is 19.8 Å². The Hall–Kier alpha value is -3.35. The van der Waals surface area contributed by atoms with Gasteiger partial charge in [-0.05, 0) is 83.9 Å². The Labute approximate surface area is 241 Å². The van der Waals surface area contributed by atoms with Crippen LogP contribution in [0.1, 0.15) is 96.5 Å². The molecule has 40 heavy (non-hydrogen) atoms. The number of carbonyl (C=O) groups is 3. The lowest BCUT2D eigenvalue weighted by molar-refractivity contribution is -0.149. The number of ether oxygens (including phenoxy) is 1. The van der Waals surface area contributed by atoms with Gasteiger partial charge in [0.15, 0.2) is 0 Å². The van der Waals surface area contributed by atoms with Crippen molar-refractivity contribution in [1.82, 2.24) is 15.5 Å². The van der Waals surface area contributed by atoms with E-state index in [2.05, 4.69) is 10.6 Å². The normalized spacial score (nSPS) is 13.4. The number of nitrogens with zero attached hydrogens (tertiary/aromatic N) is 1. The third-order valence-electron chi connectivity index (χ3n) is 6.99. The third-order valence-corrected chi connectivity index (χ3v) is 6.99. The zero-order chi connectivity index (χ0) is 30.3. The Morgan fingerprint density at radius 2 is 1.57 bits per heavy atom. The molecule has 7 nitrogen and oxygen atoms in total. The monoisotopic (exact) mass is 551 g/mol. The summed E-state index contributed by atoms with van der Waals surface area (Å²) in [6.45, 7) is 19.6. The van der Waals surface area contributed by atoms with E-state index < -0.39 is 29.3 Å². The fourth-order valence-electron chi connectivity index (χ4n) is 4.67. The number of nitrogens with one attached hydrogen (secondary N) is 2. The molecule has 2 N–H and O–H groups in total. The maximum absolute atomic E-state index is 14.5. The summed E-state index contributed by atoms with van der Waals surface area (Å²) in [5.41, 5.74) is 2.30. The third kappa shape index (κ3) is 9.39. The van der Waals surface area contributed by atoms with E-state index in [0.29, 0.717) is 19.4 Å². The lowest BCUT2D eigenvalue weighted by Crippen LogP contribution is -2.59. The first kappa shape index (κ1) is 32.9. The average Bonchev–Trinajstić information content (AvgIpc) is 2.84. The van der Waals surface area contributed by atoms with Gasteiger partial charge in [0, 0.05) is 12.1 Å². The van der Waals surface area contributed by atoms with E-state index in [1.54, 1.807) is 25.7 Å². The molecule has 0 saturated carbocycles. The standard InChI is InChI=1S/C33H49N3O4/c1-11-33(9,10)36(30(38)27(19-22(2)3)35-31(39)40-32(6,7)8)28(26-18-17-23(4)20-24(26)5)29(37)34-21-25-15-13-12-14-16-25/h12-18,20,22,27-28H,11,19,21H2,1-10H3,(H,34,37)(H,35,39). The second-order valence-corrected chi connectivity index (χ2v) is 12.7. The van der Waals surface area contributed by atoms with Crippen molar-refractivity contribution in [3.8, 4) is 0 Å². The van der Waals surface area contributed by atoms with E-state index in [1.165, 1.54) is 0 Å². The number of amides is 3. The molecule has 0 radical (unpaired) electrons. The van der Waals surface area contributed by atoms with E-state index >= 15 is 0 Å². The van der Waals surface area contributed by atoms with Crippen molar-refractivity contribution in [3.05, 3.63) is 70.8 Å². The number of aryl methyl sites for hydroxylation is 2. The molecule has 2 aromatic carbocycles. The highest BCUT2D eigenvalue weighted by Crippen LogP contribution is 2.34. The minimum atomic E-state index is -0.901. The van der Waals surface area contributed by atoms with Crippen LogP contribution >= 0.6 is 0 Å². The van der Waals surface area contributed by atoms with E-state index in [9.17, 15) is 14.4 Å². The number of rotatable bonds is 11. The molecule has 0 fully saturated rings. The smallest absolute Gasteiger partial charge is 0.408 e. The molecule has 3 amide bonds. The van der Waals surface area contributed by atoms with Crippen molar-refractivity contribution in [2.24, 2.45) is 5.92 Å². The van der Waals surface area contributed by atoms with Crippen LogP contribution in [0.15, 0.2) is 48.5 Å². The van der Waals surface area contributed by atoms with Crippen molar-refractivity contribution in [1.29, 1.82) is 0 Å². The molecule has 2 aromatic rings. The van der Waals surface area contributed by atoms with E-state index in [0.717, 1.165) is 22.3 Å². The number of hydrogen-bond donors (Lipinski definition) is 2. The van der Waals surface area contributed by atoms with Gasteiger partial charge < -0.3 is 20.3 Å². The zero-order valence-corrected chi connectivity index (χ0v) is 26.1. The summed E-state index contributed by atoms with van der Waals surface area (Å²) < 4.78 is 5.50. The van der Waals surface area contributed by atoms with Crippen molar-refractivity contribution >= 4 is 17.9 Å². The summed E-state index contributed by atoms with van der Waals surface area (Å²) >= 11 is 0. The summed E-state index contributed by atoms with van der Waals surface area (Å²) in [5.74, 6) is -0.473. The molecule has 2 rings (SSSR count). The quantitative estimate of drug-likeness (QED) is 0.329. The van der Waals surface area contributed by atoms with Gasteiger partial charge in [-0.25, -0.2) is 4.79 Å². The fourth-order valence-corrected chi connectivity index (χ4v) is 4.67. The van der Waals surface area contributed by atoms with Crippen molar-refractivity contribution in [2.75, 3.05) is 0 Å². The molecular weight excluding hydrogens is 502 g/mol. The minimum absolute atomic E-state index is 0.113. The molecule has 0 saturated heterocycles. The van der Waals surface area contributed by atoms with Gasteiger partial charge in [0.1, 0.15) is 17.7 Å². The lowest BCUT2D eigenvalue weighted by Gasteiger charge is -2.45. The first-order valence-electron chi connectivity index (χ1n) is 14.3. The maximum atomic E-state index is 14.5. The Morgan fingerprint density at radius 1 is 0.950 bits per heavy atom. The van der Waals surface area contributed by atoms with Crippen LogP contribution in [-0.4, -0.2) is 40.0 Å². The molecule has 0 heterocycles. The predicted molar refractivity (Wildman–Crippen MR) is 161 cm³/mol. The highest BCUT2D eigenvalue weighted by Gasteiger charge is 2.43. The summed E-state index contributed by atoms with van der Waals surface area (Å²) in [7, 11) is 0. The molecular formula is C33H49N3O4. The highest BCUT2D eigenvalue weighted by atomic mass is 16.6. The first-order valence-corrected chi connectivity index (χ1v) is 14.3. The SMILES string of the molecule is CCC(C)(C)N(C(=O)C(CC(C)C)NC(=O)OC(C)(C)C)C(C(=O)NCc1ccccc1)c1ccc(C)cc1C. The van der Waals surface area contributed by atoms with Crippen LogP contribution in [0.2, 0.25) is 0 Å². The number of hydrogen-bond acceptors (Lipinski definition) is 4. The van der Waals surface area contributed by atoms with Crippen LogP contribution in [-0.2, 0) is 20.9 Å². The Balaban J connectivity index is 2.61. The van der Waals surface area contributed by atoms with Gasteiger partial charge in [0.05, 0.1) is 0 Å². The summed E-state index contributed by atoms with van der Waals surface area (Å²) in [5, 5.41) is 5.90. The molecule has 220 valence electrons. The average molecular weight is 552 g/mol.